The number of hydrogen-bond donors (Lipinski definition) is 0. The standard InChI is InChI=1S/C16H19N5O4/c1-12-14(21(23)24)15(22)20(16(18-12)17-10-19(2)3)11-25-9-13-7-5-4-6-8-13/h4-8,10H,9,11H2,1-3H3. The van der Waals surface area contributed by atoms with Gasteiger partial charge in [-0.25, -0.2) is 14.5 Å². The number of rotatable bonds is 7. The van der Waals surface area contributed by atoms with Gasteiger partial charge in [-0.15, -0.1) is 0 Å². The van der Waals surface area contributed by atoms with E-state index in [1.54, 1.807) is 19.0 Å². The summed E-state index contributed by atoms with van der Waals surface area (Å²) in [4.78, 5) is 32.7. The van der Waals surface area contributed by atoms with E-state index in [0.29, 0.717) is 0 Å². The van der Waals surface area contributed by atoms with E-state index in [0.717, 1.165) is 10.1 Å². The molecular weight excluding hydrogens is 326 g/mol. The normalized spacial score (nSPS) is 11.0. The molecule has 0 radical (unpaired) electrons. The highest BCUT2D eigenvalue weighted by atomic mass is 16.6. The van der Waals surface area contributed by atoms with Gasteiger partial charge in [-0.3, -0.25) is 14.9 Å². The third kappa shape index (κ3) is 4.70. The van der Waals surface area contributed by atoms with Gasteiger partial charge in [0.05, 0.1) is 17.9 Å². The average molecular weight is 345 g/mol. The van der Waals surface area contributed by atoms with Crippen molar-refractivity contribution in [2.45, 2.75) is 20.3 Å². The van der Waals surface area contributed by atoms with E-state index in [9.17, 15) is 14.9 Å². The molecule has 2 aromatic rings. The Hall–Kier alpha value is -3.07. The van der Waals surface area contributed by atoms with Crippen LogP contribution >= 0.6 is 0 Å². The van der Waals surface area contributed by atoms with Gasteiger partial charge < -0.3 is 9.64 Å². The predicted octanol–water partition coefficient (Wildman–Crippen LogP) is 1.86. The zero-order chi connectivity index (χ0) is 18.4. The minimum Gasteiger partial charge on any atom is -0.369 e. The number of hydrogen-bond acceptors (Lipinski definition) is 6. The molecule has 25 heavy (non-hydrogen) atoms. The first kappa shape index (κ1) is 18.3. The van der Waals surface area contributed by atoms with Crippen molar-refractivity contribution in [2.24, 2.45) is 4.99 Å². The monoisotopic (exact) mass is 345 g/mol. The summed E-state index contributed by atoms with van der Waals surface area (Å²) < 4.78 is 6.57. The fourth-order valence-electron chi connectivity index (χ4n) is 2.06. The summed E-state index contributed by atoms with van der Waals surface area (Å²) in [7, 11) is 3.52. The zero-order valence-electron chi connectivity index (χ0n) is 14.2. The topological polar surface area (TPSA) is 103 Å². The maximum Gasteiger partial charge on any atom is 0.355 e. The van der Waals surface area contributed by atoms with Gasteiger partial charge in [-0.2, -0.15) is 0 Å². The molecule has 9 heteroatoms. The molecule has 0 N–H and O–H groups in total. The van der Waals surface area contributed by atoms with Crippen LogP contribution < -0.4 is 5.56 Å². The molecule has 0 amide bonds. The quantitative estimate of drug-likeness (QED) is 0.328. The third-order valence-electron chi connectivity index (χ3n) is 3.22. The molecule has 0 unspecified atom stereocenters. The Morgan fingerprint density at radius 3 is 2.64 bits per heavy atom. The number of nitrogens with zero attached hydrogens (tertiary/aromatic N) is 5. The van der Waals surface area contributed by atoms with Crippen LogP contribution in [0.1, 0.15) is 11.3 Å². The van der Waals surface area contributed by atoms with Crippen LogP contribution in [0.3, 0.4) is 0 Å². The molecule has 0 aliphatic carbocycles. The van der Waals surface area contributed by atoms with Crippen molar-refractivity contribution in [1.29, 1.82) is 0 Å². The first-order valence-corrected chi connectivity index (χ1v) is 7.48. The lowest BCUT2D eigenvalue weighted by Gasteiger charge is -2.11. The predicted molar refractivity (Wildman–Crippen MR) is 93.0 cm³/mol. The molecule has 0 aliphatic rings. The molecule has 132 valence electrons. The van der Waals surface area contributed by atoms with Crippen LogP contribution in [0, 0.1) is 17.0 Å². The molecule has 0 atom stereocenters. The minimum atomic E-state index is -0.795. The summed E-state index contributed by atoms with van der Waals surface area (Å²) in [5, 5.41) is 11.1. The molecule has 0 saturated carbocycles. The minimum absolute atomic E-state index is 0.0141. The van der Waals surface area contributed by atoms with Gasteiger partial charge in [0.2, 0.25) is 5.95 Å². The van der Waals surface area contributed by atoms with Crippen LogP contribution in [0.15, 0.2) is 40.1 Å². The van der Waals surface area contributed by atoms with Crippen molar-refractivity contribution >= 4 is 18.0 Å². The number of benzene rings is 1. The number of ether oxygens (including phenoxy) is 1. The summed E-state index contributed by atoms with van der Waals surface area (Å²) in [6, 6.07) is 9.38. The average Bonchev–Trinajstić information content (AvgIpc) is 2.55. The molecule has 1 aromatic heterocycles. The van der Waals surface area contributed by atoms with Crippen LogP contribution in [0.5, 0.6) is 0 Å². The fraction of sp³-hybridized carbons (Fsp3) is 0.312. The van der Waals surface area contributed by atoms with E-state index >= 15 is 0 Å². The lowest BCUT2D eigenvalue weighted by atomic mass is 10.2. The SMILES string of the molecule is Cc1nc(N=CN(C)C)n(COCc2ccccc2)c(=O)c1[N+](=O)[O-]. The highest BCUT2D eigenvalue weighted by Crippen LogP contribution is 2.15. The van der Waals surface area contributed by atoms with Gasteiger partial charge in [-0.1, -0.05) is 30.3 Å². The Morgan fingerprint density at radius 2 is 2.04 bits per heavy atom. The van der Waals surface area contributed by atoms with Crippen molar-refractivity contribution in [2.75, 3.05) is 14.1 Å². The van der Waals surface area contributed by atoms with Gasteiger partial charge in [0.1, 0.15) is 12.4 Å². The highest BCUT2D eigenvalue weighted by Gasteiger charge is 2.23. The van der Waals surface area contributed by atoms with Crippen molar-refractivity contribution in [3.63, 3.8) is 0 Å². The number of aromatic nitrogens is 2. The Bertz CT molecular complexity index is 830. The summed E-state index contributed by atoms with van der Waals surface area (Å²) in [6.45, 7) is 1.47. The second-order valence-corrected chi connectivity index (χ2v) is 5.51. The molecule has 0 aliphatic heterocycles. The Labute approximate surface area is 144 Å². The molecular formula is C16H19N5O4. The molecule has 0 fully saturated rings. The summed E-state index contributed by atoms with van der Waals surface area (Å²) in [5.41, 5.74) is -0.438. The molecule has 0 saturated heterocycles. The molecule has 1 aromatic carbocycles. The highest BCUT2D eigenvalue weighted by molar-refractivity contribution is 5.58. The van der Waals surface area contributed by atoms with Crippen LogP contribution in [0.25, 0.3) is 0 Å². The smallest absolute Gasteiger partial charge is 0.355 e. The van der Waals surface area contributed by atoms with Gasteiger partial charge in [0, 0.05) is 14.1 Å². The van der Waals surface area contributed by atoms with Crippen LogP contribution in [-0.2, 0) is 18.1 Å². The molecule has 1 heterocycles. The lowest BCUT2D eigenvalue weighted by molar-refractivity contribution is -0.387. The molecule has 9 nitrogen and oxygen atoms in total. The van der Waals surface area contributed by atoms with E-state index in [2.05, 4.69) is 9.98 Å². The van der Waals surface area contributed by atoms with Crippen LogP contribution in [0.2, 0.25) is 0 Å². The zero-order valence-corrected chi connectivity index (χ0v) is 14.2. The molecule has 0 spiro atoms. The van der Waals surface area contributed by atoms with Gasteiger partial charge in [0.15, 0.2) is 0 Å². The molecule has 2 rings (SSSR count). The fourth-order valence-corrected chi connectivity index (χ4v) is 2.06. The Kier molecular flexibility index (Phi) is 5.96. The van der Waals surface area contributed by atoms with Gasteiger partial charge in [-0.05, 0) is 12.5 Å². The van der Waals surface area contributed by atoms with E-state index in [1.807, 2.05) is 30.3 Å². The summed E-state index contributed by atoms with van der Waals surface area (Å²) in [6.07, 6.45) is 1.46. The first-order chi connectivity index (χ1) is 11.9. The van der Waals surface area contributed by atoms with Gasteiger partial charge >= 0.3 is 11.2 Å². The van der Waals surface area contributed by atoms with Crippen LogP contribution in [0.4, 0.5) is 11.6 Å². The summed E-state index contributed by atoms with van der Waals surface area (Å²) >= 11 is 0. The third-order valence-corrected chi connectivity index (χ3v) is 3.22. The van der Waals surface area contributed by atoms with Crippen molar-refractivity contribution in [3.05, 3.63) is 62.1 Å². The van der Waals surface area contributed by atoms with Gasteiger partial charge in [0.25, 0.3) is 0 Å². The van der Waals surface area contributed by atoms with E-state index in [-0.39, 0.29) is 25.0 Å². The second kappa shape index (κ2) is 8.15. The van der Waals surface area contributed by atoms with Crippen molar-refractivity contribution in [1.82, 2.24) is 14.5 Å². The Morgan fingerprint density at radius 1 is 1.36 bits per heavy atom. The van der Waals surface area contributed by atoms with Crippen molar-refractivity contribution in [3.8, 4) is 0 Å². The number of aryl methyl sites for hydroxylation is 1. The maximum atomic E-state index is 12.5. The number of nitro groups is 1. The van der Waals surface area contributed by atoms with Crippen molar-refractivity contribution < 1.29 is 9.66 Å². The van der Waals surface area contributed by atoms with Crippen LogP contribution in [-0.4, -0.2) is 39.8 Å². The second-order valence-electron chi connectivity index (χ2n) is 5.51. The van der Waals surface area contributed by atoms with E-state index in [1.165, 1.54) is 13.3 Å². The lowest BCUT2D eigenvalue weighted by Crippen LogP contribution is -2.26. The molecule has 0 bridgehead atoms. The maximum absolute atomic E-state index is 12.5. The Balaban J connectivity index is 2.33. The summed E-state index contributed by atoms with van der Waals surface area (Å²) in [5.74, 6) is 0.0508. The first-order valence-electron chi connectivity index (χ1n) is 7.48. The van der Waals surface area contributed by atoms with E-state index in [4.69, 9.17) is 4.74 Å². The largest absolute Gasteiger partial charge is 0.369 e. The van der Waals surface area contributed by atoms with E-state index < -0.39 is 16.2 Å². The number of aliphatic imine (C=N–C) groups is 1.